The maximum absolute atomic E-state index is 5.41. The highest BCUT2D eigenvalue weighted by atomic mass is 16.5. The molecule has 0 aliphatic carbocycles. The van der Waals surface area contributed by atoms with Gasteiger partial charge in [0.25, 0.3) is 0 Å². The number of aryl methyl sites for hydroxylation is 1. The highest BCUT2D eigenvalue weighted by Crippen LogP contribution is 2.01. The van der Waals surface area contributed by atoms with E-state index in [9.17, 15) is 0 Å². The standard InChI is InChI=1S/C11H21N3O2/c1-4-5-11-13-10(14-16-11)8-15-7-6-12-9(2)3/h9,12H,4-8H2,1-3H3. The quantitative estimate of drug-likeness (QED) is 0.682. The number of ether oxygens (including phenoxy) is 1. The van der Waals surface area contributed by atoms with Gasteiger partial charge in [0.15, 0.2) is 5.82 Å². The van der Waals surface area contributed by atoms with Crippen LogP contribution in [-0.2, 0) is 17.8 Å². The van der Waals surface area contributed by atoms with Crippen LogP contribution in [-0.4, -0.2) is 29.3 Å². The van der Waals surface area contributed by atoms with E-state index in [1.807, 2.05) is 0 Å². The van der Waals surface area contributed by atoms with Crippen molar-refractivity contribution in [2.24, 2.45) is 0 Å². The Hall–Kier alpha value is -0.940. The van der Waals surface area contributed by atoms with Crippen LogP contribution in [0.4, 0.5) is 0 Å². The van der Waals surface area contributed by atoms with Crippen molar-refractivity contribution in [3.8, 4) is 0 Å². The summed E-state index contributed by atoms with van der Waals surface area (Å²) in [5, 5.41) is 7.10. The first-order valence-corrected chi connectivity index (χ1v) is 5.85. The Morgan fingerprint density at radius 1 is 1.44 bits per heavy atom. The van der Waals surface area contributed by atoms with E-state index >= 15 is 0 Å². The van der Waals surface area contributed by atoms with E-state index in [0.29, 0.717) is 31.0 Å². The van der Waals surface area contributed by atoms with Crippen molar-refractivity contribution < 1.29 is 9.26 Å². The molecule has 0 aromatic carbocycles. The third-order valence-electron chi connectivity index (χ3n) is 2.00. The third-order valence-corrected chi connectivity index (χ3v) is 2.00. The van der Waals surface area contributed by atoms with Crippen molar-refractivity contribution in [3.05, 3.63) is 11.7 Å². The third kappa shape index (κ3) is 5.23. The monoisotopic (exact) mass is 227 g/mol. The lowest BCUT2D eigenvalue weighted by Crippen LogP contribution is -2.26. The number of nitrogens with zero attached hydrogens (tertiary/aromatic N) is 2. The number of nitrogens with one attached hydrogen (secondary N) is 1. The Labute approximate surface area is 96.6 Å². The van der Waals surface area contributed by atoms with Gasteiger partial charge in [0.1, 0.15) is 6.61 Å². The van der Waals surface area contributed by atoms with Gasteiger partial charge in [-0.2, -0.15) is 4.98 Å². The molecule has 5 nitrogen and oxygen atoms in total. The lowest BCUT2D eigenvalue weighted by Gasteiger charge is -2.06. The molecule has 0 bridgehead atoms. The van der Waals surface area contributed by atoms with Gasteiger partial charge in [0.05, 0.1) is 6.61 Å². The molecule has 0 saturated heterocycles. The van der Waals surface area contributed by atoms with Gasteiger partial charge in [-0.3, -0.25) is 0 Å². The second kappa shape index (κ2) is 7.35. The Morgan fingerprint density at radius 2 is 2.25 bits per heavy atom. The molecule has 0 unspecified atom stereocenters. The van der Waals surface area contributed by atoms with Gasteiger partial charge in [0.2, 0.25) is 5.89 Å². The maximum atomic E-state index is 5.41. The lowest BCUT2D eigenvalue weighted by molar-refractivity contribution is 0.114. The van der Waals surface area contributed by atoms with E-state index in [4.69, 9.17) is 9.26 Å². The summed E-state index contributed by atoms with van der Waals surface area (Å²) in [6, 6.07) is 0.491. The second-order valence-corrected chi connectivity index (χ2v) is 4.02. The minimum absolute atomic E-state index is 0.424. The van der Waals surface area contributed by atoms with E-state index in [1.54, 1.807) is 0 Å². The maximum Gasteiger partial charge on any atom is 0.226 e. The van der Waals surface area contributed by atoms with Gasteiger partial charge >= 0.3 is 0 Å². The highest BCUT2D eigenvalue weighted by molar-refractivity contribution is 4.84. The summed E-state index contributed by atoms with van der Waals surface area (Å²) in [5.41, 5.74) is 0. The van der Waals surface area contributed by atoms with Crippen LogP contribution in [0.15, 0.2) is 4.52 Å². The van der Waals surface area contributed by atoms with Crippen LogP contribution in [0.2, 0.25) is 0 Å². The molecule has 0 atom stereocenters. The van der Waals surface area contributed by atoms with E-state index in [1.165, 1.54) is 0 Å². The zero-order chi connectivity index (χ0) is 11.8. The largest absolute Gasteiger partial charge is 0.372 e. The van der Waals surface area contributed by atoms with Gasteiger partial charge < -0.3 is 14.6 Å². The molecule has 0 aliphatic rings. The predicted octanol–water partition coefficient (Wildman–Crippen LogP) is 1.54. The minimum atomic E-state index is 0.424. The molecule has 5 heteroatoms. The van der Waals surface area contributed by atoms with Gasteiger partial charge in [-0.1, -0.05) is 25.9 Å². The first kappa shape index (κ1) is 13.1. The van der Waals surface area contributed by atoms with Crippen molar-refractivity contribution >= 4 is 0 Å². The zero-order valence-electron chi connectivity index (χ0n) is 10.3. The SMILES string of the molecule is CCCc1nc(COCCNC(C)C)no1. The molecular weight excluding hydrogens is 206 g/mol. The average molecular weight is 227 g/mol. The molecule has 1 N–H and O–H groups in total. The van der Waals surface area contributed by atoms with E-state index in [-0.39, 0.29) is 0 Å². The van der Waals surface area contributed by atoms with E-state index < -0.39 is 0 Å². The highest BCUT2D eigenvalue weighted by Gasteiger charge is 2.04. The summed E-state index contributed by atoms with van der Waals surface area (Å²) in [6.45, 7) is 8.23. The summed E-state index contributed by atoms with van der Waals surface area (Å²) < 4.78 is 10.5. The molecule has 16 heavy (non-hydrogen) atoms. The molecule has 0 aliphatic heterocycles. The molecule has 1 rings (SSSR count). The average Bonchev–Trinajstić information content (AvgIpc) is 2.65. The molecule has 0 radical (unpaired) electrons. The molecule has 0 spiro atoms. The fourth-order valence-electron chi connectivity index (χ4n) is 1.25. The molecule has 1 aromatic heterocycles. The first-order chi connectivity index (χ1) is 7.72. The second-order valence-electron chi connectivity index (χ2n) is 4.02. The Kier molecular flexibility index (Phi) is 6.03. The molecule has 0 amide bonds. The van der Waals surface area contributed by atoms with Crippen LogP contribution < -0.4 is 5.32 Å². The van der Waals surface area contributed by atoms with Crippen molar-refractivity contribution in [1.29, 1.82) is 0 Å². The van der Waals surface area contributed by atoms with Crippen LogP contribution in [0, 0.1) is 0 Å². The smallest absolute Gasteiger partial charge is 0.226 e. The van der Waals surface area contributed by atoms with Gasteiger partial charge in [-0.15, -0.1) is 0 Å². The van der Waals surface area contributed by atoms with Crippen molar-refractivity contribution in [2.75, 3.05) is 13.2 Å². The van der Waals surface area contributed by atoms with Gasteiger partial charge in [0, 0.05) is 19.0 Å². The molecule has 0 saturated carbocycles. The van der Waals surface area contributed by atoms with Crippen LogP contribution in [0.3, 0.4) is 0 Å². The normalized spacial score (nSPS) is 11.2. The lowest BCUT2D eigenvalue weighted by atomic mass is 10.3. The van der Waals surface area contributed by atoms with Gasteiger partial charge in [-0.25, -0.2) is 0 Å². The van der Waals surface area contributed by atoms with Crippen molar-refractivity contribution in [3.63, 3.8) is 0 Å². The van der Waals surface area contributed by atoms with Crippen LogP contribution >= 0.6 is 0 Å². The topological polar surface area (TPSA) is 60.2 Å². The Balaban J connectivity index is 2.12. The molecule has 0 fully saturated rings. The zero-order valence-corrected chi connectivity index (χ0v) is 10.3. The van der Waals surface area contributed by atoms with E-state index in [2.05, 4.69) is 36.2 Å². The van der Waals surface area contributed by atoms with Crippen LogP contribution in [0.1, 0.15) is 38.9 Å². The Morgan fingerprint density at radius 3 is 2.94 bits per heavy atom. The first-order valence-electron chi connectivity index (χ1n) is 5.85. The number of hydrogen-bond donors (Lipinski definition) is 1. The predicted molar refractivity (Wildman–Crippen MR) is 61.1 cm³/mol. The Bertz CT molecular complexity index is 287. The minimum Gasteiger partial charge on any atom is -0.372 e. The van der Waals surface area contributed by atoms with Crippen LogP contribution in [0.5, 0.6) is 0 Å². The fraction of sp³-hybridized carbons (Fsp3) is 0.818. The molecule has 1 heterocycles. The summed E-state index contributed by atoms with van der Waals surface area (Å²) in [7, 11) is 0. The molecule has 1 aromatic rings. The number of rotatable bonds is 8. The van der Waals surface area contributed by atoms with Crippen molar-refractivity contribution in [1.82, 2.24) is 15.5 Å². The van der Waals surface area contributed by atoms with Gasteiger partial charge in [-0.05, 0) is 6.42 Å². The summed E-state index contributed by atoms with van der Waals surface area (Å²) in [4.78, 5) is 4.21. The summed E-state index contributed by atoms with van der Waals surface area (Å²) >= 11 is 0. The summed E-state index contributed by atoms with van der Waals surface area (Å²) in [5.74, 6) is 1.33. The van der Waals surface area contributed by atoms with Crippen LogP contribution in [0.25, 0.3) is 0 Å². The van der Waals surface area contributed by atoms with E-state index in [0.717, 1.165) is 19.4 Å². The summed E-state index contributed by atoms with van der Waals surface area (Å²) in [6.07, 6.45) is 1.85. The fourth-order valence-corrected chi connectivity index (χ4v) is 1.25. The molecular formula is C11H21N3O2. The number of hydrogen-bond acceptors (Lipinski definition) is 5. The molecule has 92 valence electrons. The van der Waals surface area contributed by atoms with Crippen molar-refractivity contribution in [2.45, 2.75) is 46.3 Å². The number of aromatic nitrogens is 2.